The number of rotatable bonds is 9. The number of hydrogen-bond donors (Lipinski definition) is 2. The number of hydrogen-bond acceptors (Lipinski definition) is 4. The standard InChI is InChI=1S/C13H26N2O3/c1-12(11-15-7-9-18-10-8-15)14-6-4-2-3-5-13(16)17/h12,14H,2-11H2,1H3,(H,16,17). The molecule has 1 fully saturated rings. The van der Waals surface area contributed by atoms with E-state index in [1.807, 2.05) is 0 Å². The molecular formula is C13H26N2O3. The summed E-state index contributed by atoms with van der Waals surface area (Å²) < 4.78 is 5.32. The van der Waals surface area contributed by atoms with Crippen LogP contribution in [0.2, 0.25) is 0 Å². The average molecular weight is 258 g/mol. The third-order valence-corrected chi connectivity index (χ3v) is 3.20. The van der Waals surface area contributed by atoms with Crippen LogP contribution >= 0.6 is 0 Å². The van der Waals surface area contributed by atoms with E-state index in [1.165, 1.54) is 0 Å². The summed E-state index contributed by atoms with van der Waals surface area (Å²) >= 11 is 0. The van der Waals surface area contributed by atoms with Gasteiger partial charge < -0.3 is 15.2 Å². The number of carboxylic acids is 1. The van der Waals surface area contributed by atoms with Gasteiger partial charge in [-0.25, -0.2) is 0 Å². The molecule has 0 amide bonds. The molecule has 0 saturated carbocycles. The van der Waals surface area contributed by atoms with E-state index in [0.29, 0.717) is 12.5 Å². The SMILES string of the molecule is CC(CN1CCOCC1)NCCCCCC(=O)O. The van der Waals surface area contributed by atoms with Crippen molar-refractivity contribution in [3.8, 4) is 0 Å². The Bertz CT molecular complexity index is 230. The summed E-state index contributed by atoms with van der Waals surface area (Å²) in [6.07, 6.45) is 3.13. The van der Waals surface area contributed by atoms with Crippen molar-refractivity contribution < 1.29 is 14.6 Å². The summed E-state index contributed by atoms with van der Waals surface area (Å²) in [5.41, 5.74) is 0. The molecule has 18 heavy (non-hydrogen) atoms. The number of morpholine rings is 1. The molecule has 1 rings (SSSR count). The molecule has 0 aliphatic carbocycles. The average Bonchev–Trinajstić information content (AvgIpc) is 2.34. The minimum atomic E-state index is -0.691. The molecule has 0 aromatic carbocycles. The topological polar surface area (TPSA) is 61.8 Å². The Kier molecular flexibility index (Phi) is 7.96. The van der Waals surface area contributed by atoms with Crippen molar-refractivity contribution in [1.82, 2.24) is 10.2 Å². The second kappa shape index (κ2) is 9.30. The fraction of sp³-hybridized carbons (Fsp3) is 0.923. The maximum Gasteiger partial charge on any atom is 0.303 e. The minimum Gasteiger partial charge on any atom is -0.481 e. The monoisotopic (exact) mass is 258 g/mol. The molecule has 1 atom stereocenters. The number of carboxylic acid groups (broad SMARTS) is 1. The zero-order valence-electron chi connectivity index (χ0n) is 11.4. The quantitative estimate of drug-likeness (QED) is 0.603. The summed E-state index contributed by atoms with van der Waals surface area (Å²) in [7, 11) is 0. The van der Waals surface area contributed by atoms with Crippen molar-refractivity contribution in [1.29, 1.82) is 0 Å². The number of carbonyl (C=O) groups is 1. The Morgan fingerprint density at radius 2 is 2.06 bits per heavy atom. The predicted molar refractivity (Wildman–Crippen MR) is 70.8 cm³/mol. The lowest BCUT2D eigenvalue weighted by molar-refractivity contribution is -0.137. The normalized spacial score (nSPS) is 18.7. The van der Waals surface area contributed by atoms with Crippen molar-refractivity contribution in [2.75, 3.05) is 39.4 Å². The van der Waals surface area contributed by atoms with Gasteiger partial charge in [0.2, 0.25) is 0 Å². The van der Waals surface area contributed by atoms with Crippen molar-refractivity contribution >= 4 is 5.97 Å². The van der Waals surface area contributed by atoms with E-state index in [0.717, 1.165) is 58.7 Å². The van der Waals surface area contributed by atoms with E-state index >= 15 is 0 Å². The third-order valence-electron chi connectivity index (χ3n) is 3.20. The van der Waals surface area contributed by atoms with Crippen LogP contribution in [0.5, 0.6) is 0 Å². The molecule has 1 aliphatic heterocycles. The maximum atomic E-state index is 10.3. The fourth-order valence-corrected chi connectivity index (χ4v) is 2.16. The first-order valence-corrected chi connectivity index (χ1v) is 6.94. The lowest BCUT2D eigenvalue weighted by atomic mass is 10.2. The van der Waals surface area contributed by atoms with Crippen LogP contribution < -0.4 is 5.32 Å². The Morgan fingerprint density at radius 3 is 2.72 bits per heavy atom. The van der Waals surface area contributed by atoms with Gasteiger partial charge in [0.1, 0.15) is 0 Å². The van der Waals surface area contributed by atoms with E-state index in [1.54, 1.807) is 0 Å². The molecule has 0 aromatic heterocycles. The molecule has 0 bridgehead atoms. The van der Waals surface area contributed by atoms with Gasteiger partial charge in [0.15, 0.2) is 0 Å². The molecule has 0 spiro atoms. The molecule has 0 aromatic rings. The van der Waals surface area contributed by atoms with E-state index in [4.69, 9.17) is 9.84 Å². The molecule has 5 heteroatoms. The zero-order chi connectivity index (χ0) is 13.2. The Hall–Kier alpha value is -0.650. The summed E-state index contributed by atoms with van der Waals surface area (Å²) in [4.78, 5) is 12.8. The van der Waals surface area contributed by atoms with Gasteiger partial charge in [-0.1, -0.05) is 6.42 Å². The van der Waals surface area contributed by atoms with Crippen LogP contribution in [-0.4, -0.2) is 61.4 Å². The van der Waals surface area contributed by atoms with Gasteiger partial charge in [-0.15, -0.1) is 0 Å². The fourth-order valence-electron chi connectivity index (χ4n) is 2.16. The second-order valence-corrected chi connectivity index (χ2v) is 4.97. The van der Waals surface area contributed by atoms with Crippen LogP contribution in [-0.2, 0) is 9.53 Å². The number of unbranched alkanes of at least 4 members (excludes halogenated alkanes) is 2. The molecule has 1 unspecified atom stereocenters. The Labute approximate surface area is 109 Å². The third kappa shape index (κ3) is 7.63. The molecule has 106 valence electrons. The molecule has 5 nitrogen and oxygen atoms in total. The number of ether oxygens (including phenoxy) is 1. The van der Waals surface area contributed by atoms with Gasteiger partial charge in [0.05, 0.1) is 13.2 Å². The molecule has 2 N–H and O–H groups in total. The van der Waals surface area contributed by atoms with Gasteiger partial charge in [0, 0.05) is 32.1 Å². The van der Waals surface area contributed by atoms with Gasteiger partial charge in [-0.2, -0.15) is 0 Å². The predicted octanol–water partition coefficient (Wildman–Crippen LogP) is 0.942. The largest absolute Gasteiger partial charge is 0.481 e. The summed E-state index contributed by atoms with van der Waals surface area (Å²) in [5.74, 6) is -0.691. The van der Waals surface area contributed by atoms with Crippen molar-refractivity contribution in [2.45, 2.75) is 38.6 Å². The first kappa shape index (κ1) is 15.4. The zero-order valence-corrected chi connectivity index (χ0v) is 11.4. The van der Waals surface area contributed by atoms with E-state index in [-0.39, 0.29) is 0 Å². The lowest BCUT2D eigenvalue weighted by Crippen LogP contribution is -2.44. The molecule has 1 aliphatic rings. The van der Waals surface area contributed by atoms with Gasteiger partial charge in [-0.05, 0) is 26.3 Å². The number of nitrogens with one attached hydrogen (secondary N) is 1. The van der Waals surface area contributed by atoms with Crippen molar-refractivity contribution in [2.24, 2.45) is 0 Å². The van der Waals surface area contributed by atoms with E-state index < -0.39 is 5.97 Å². The van der Waals surface area contributed by atoms with E-state index in [2.05, 4.69) is 17.1 Å². The highest BCUT2D eigenvalue weighted by Crippen LogP contribution is 2.01. The van der Waals surface area contributed by atoms with Crippen molar-refractivity contribution in [3.63, 3.8) is 0 Å². The summed E-state index contributed by atoms with van der Waals surface area (Å²) in [5, 5.41) is 12.0. The van der Waals surface area contributed by atoms with Gasteiger partial charge >= 0.3 is 5.97 Å². The molecule has 0 radical (unpaired) electrons. The molecule has 1 saturated heterocycles. The van der Waals surface area contributed by atoms with Crippen LogP contribution in [0.4, 0.5) is 0 Å². The molecular weight excluding hydrogens is 232 g/mol. The van der Waals surface area contributed by atoms with E-state index in [9.17, 15) is 4.79 Å². The molecule has 1 heterocycles. The highest BCUT2D eigenvalue weighted by Gasteiger charge is 2.12. The van der Waals surface area contributed by atoms with Crippen LogP contribution in [0, 0.1) is 0 Å². The number of aliphatic carboxylic acids is 1. The first-order valence-electron chi connectivity index (χ1n) is 6.94. The van der Waals surface area contributed by atoms with Crippen LogP contribution in [0.15, 0.2) is 0 Å². The summed E-state index contributed by atoms with van der Waals surface area (Å²) in [6, 6.07) is 0.488. The highest BCUT2D eigenvalue weighted by molar-refractivity contribution is 5.66. The van der Waals surface area contributed by atoms with Crippen LogP contribution in [0.1, 0.15) is 32.6 Å². The lowest BCUT2D eigenvalue weighted by Gasteiger charge is -2.29. The van der Waals surface area contributed by atoms with Crippen molar-refractivity contribution in [3.05, 3.63) is 0 Å². The van der Waals surface area contributed by atoms with Crippen LogP contribution in [0.25, 0.3) is 0 Å². The number of nitrogens with zero attached hydrogens (tertiary/aromatic N) is 1. The Morgan fingerprint density at radius 1 is 1.33 bits per heavy atom. The van der Waals surface area contributed by atoms with Crippen LogP contribution in [0.3, 0.4) is 0 Å². The Balaban J connectivity index is 1.92. The highest BCUT2D eigenvalue weighted by atomic mass is 16.5. The second-order valence-electron chi connectivity index (χ2n) is 4.97. The summed E-state index contributed by atoms with van der Waals surface area (Å²) in [6.45, 7) is 8.01. The minimum absolute atomic E-state index is 0.295. The van der Waals surface area contributed by atoms with Gasteiger partial charge in [-0.3, -0.25) is 9.69 Å². The first-order chi connectivity index (χ1) is 8.68. The smallest absolute Gasteiger partial charge is 0.303 e. The van der Waals surface area contributed by atoms with Gasteiger partial charge in [0.25, 0.3) is 0 Å². The maximum absolute atomic E-state index is 10.3.